The minimum Gasteiger partial charge on any atom is -0.396 e. The molecule has 3 nitrogen and oxygen atoms in total. The van der Waals surface area contributed by atoms with E-state index >= 15 is 0 Å². The number of hydrogen-bond donors (Lipinski definition) is 1. The van der Waals surface area contributed by atoms with Crippen LogP contribution in [0.3, 0.4) is 0 Å². The molecule has 5 heteroatoms. The summed E-state index contributed by atoms with van der Waals surface area (Å²) in [4.78, 5) is 15.9. The third-order valence-corrected chi connectivity index (χ3v) is 5.19. The van der Waals surface area contributed by atoms with Gasteiger partial charge in [0, 0.05) is 29.2 Å². The van der Waals surface area contributed by atoms with Crippen LogP contribution in [0.25, 0.3) is 0 Å². The molecule has 0 unspecified atom stereocenters. The van der Waals surface area contributed by atoms with Crippen LogP contribution in [0.5, 0.6) is 0 Å². The molecule has 2 rings (SSSR count). The zero-order valence-electron chi connectivity index (χ0n) is 13.6. The topological polar surface area (TPSA) is 40.5 Å². The highest BCUT2D eigenvalue weighted by Crippen LogP contribution is 2.33. The Morgan fingerprint density at radius 3 is 2.36 bits per heavy atom. The largest absolute Gasteiger partial charge is 0.396 e. The zero-order chi connectivity index (χ0) is 15.6. The molecule has 0 fully saturated rings. The predicted molar refractivity (Wildman–Crippen MR) is 95.8 cm³/mol. The number of aliphatic hydroxyl groups excluding tert-OH is 1. The quantitative estimate of drug-likeness (QED) is 0.826. The van der Waals surface area contributed by atoms with Crippen LogP contribution in [-0.2, 0) is 0 Å². The first kappa shape index (κ1) is 19.1. The van der Waals surface area contributed by atoms with Crippen molar-refractivity contribution in [1.29, 1.82) is 0 Å². The van der Waals surface area contributed by atoms with E-state index in [2.05, 4.69) is 24.0 Å². The first-order valence-corrected chi connectivity index (χ1v) is 8.22. The van der Waals surface area contributed by atoms with Crippen LogP contribution in [0.4, 0.5) is 0 Å². The fourth-order valence-electron chi connectivity index (χ4n) is 2.92. The molecule has 0 aliphatic carbocycles. The minimum absolute atomic E-state index is 0. The summed E-state index contributed by atoms with van der Waals surface area (Å²) < 4.78 is 0. The molecule has 0 radical (unpaired) electrons. The molecule has 0 bridgehead atoms. The number of allylic oxidation sites excluding steroid dienone is 1. The van der Waals surface area contributed by atoms with E-state index in [1.807, 2.05) is 20.8 Å². The highest BCUT2D eigenvalue weighted by molar-refractivity contribution is 8.03. The number of aliphatic hydroxyl groups is 1. The maximum Gasteiger partial charge on any atom is 0.182 e. The van der Waals surface area contributed by atoms with E-state index in [1.54, 1.807) is 11.8 Å². The van der Waals surface area contributed by atoms with Crippen molar-refractivity contribution < 1.29 is 9.90 Å². The van der Waals surface area contributed by atoms with Gasteiger partial charge in [0.1, 0.15) is 0 Å². The second kappa shape index (κ2) is 8.04. The first-order chi connectivity index (χ1) is 9.93. The van der Waals surface area contributed by atoms with Crippen LogP contribution in [0.1, 0.15) is 40.4 Å². The second-order valence-corrected chi connectivity index (χ2v) is 6.69. The molecule has 1 heterocycles. The minimum atomic E-state index is 0. The van der Waals surface area contributed by atoms with Crippen molar-refractivity contribution in [2.75, 3.05) is 19.0 Å². The number of carbonyl (C=O) groups is 1. The van der Waals surface area contributed by atoms with Gasteiger partial charge >= 0.3 is 0 Å². The van der Waals surface area contributed by atoms with Crippen LogP contribution in [0.15, 0.2) is 22.7 Å². The van der Waals surface area contributed by atoms with E-state index in [1.165, 1.54) is 10.5 Å². The lowest BCUT2D eigenvalue weighted by Gasteiger charge is -2.20. The van der Waals surface area contributed by atoms with Gasteiger partial charge in [0.05, 0.1) is 12.4 Å². The van der Waals surface area contributed by atoms with Gasteiger partial charge in [-0.3, -0.25) is 4.79 Å². The summed E-state index contributed by atoms with van der Waals surface area (Å²) in [5, 5.41) is 9.06. The number of thioether (sulfide) groups is 1. The van der Waals surface area contributed by atoms with Crippen LogP contribution >= 0.6 is 24.2 Å². The van der Waals surface area contributed by atoms with Crippen molar-refractivity contribution in [2.45, 2.75) is 34.1 Å². The highest BCUT2D eigenvalue weighted by Gasteiger charge is 2.23. The van der Waals surface area contributed by atoms with Gasteiger partial charge in [0.2, 0.25) is 0 Å². The van der Waals surface area contributed by atoms with E-state index < -0.39 is 0 Å². The monoisotopic (exact) mass is 341 g/mol. The van der Waals surface area contributed by atoms with Crippen molar-refractivity contribution in [3.05, 3.63) is 45.0 Å². The van der Waals surface area contributed by atoms with Crippen LogP contribution in [-0.4, -0.2) is 34.8 Å². The zero-order valence-corrected chi connectivity index (χ0v) is 15.2. The summed E-state index contributed by atoms with van der Waals surface area (Å²) in [6.07, 6.45) is 0.684. The molecular weight excluding hydrogens is 318 g/mol. The maximum absolute atomic E-state index is 12.6. The van der Waals surface area contributed by atoms with Crippen molar-refractivity contribution in [2.24, 2.45) is 0 Å². The van der Waals surface area contributed by atoms with Crippen LogP contribution < -0.4 is 0 Å². The molecule has 0 atom stereocenters. The van der Waals surface area contributed by atoms with Gasteiger partial charge in [-0.25, -0.2) is 0 Å². The Morgan fingerprint density at radius 1 is 1.23 bits per heavy atom. The Morgan fingerprint density at radius 2 is 1.82 bits per heavy atom. The average molecular weight is 342 g/mol. The number of benzene rings is 1. The van der Waals surface area contributed by atoms with Gasteiger partial charge in [0.25, 0.3) is 0 Å². The Hall–Kier alpha value is -0.970. The summed E-state index contributed by atoms with van der Waals surface area (Å²) in [5.41, 5.74) is 5.29. The number of Topliss-reactive ketones (excluding diaryl/α,β-unsaturated/α-hetero) is 1. The fourth-order valence-corrected chi connectivity index (χ4v) is 4.09. The van der Waals surface area contributed by atoms with Gasteiger partial charge in [-0.1, -0.05) is 17.7 Å². The number of rotatable bonds is 5. The molecular formula is C17H24ClNO2S. The molecule has 22 heavy (non-hydrogen) atoms. The number of aryl methyl sites for hydroxylation is 3. The molecule has 0 spiro atoms. The molecule has 1 aromatic carbocycles. The molecule has 0 aromatic heterocycles. The molecule has 1 aromatic rings. The summed E-state index contributed by atoms with van der Waals surface area (Å²) in [6.45, 7) is 8.68. The molecule has 0 amide bonds. The third kappa shape index (κ3) is 4.06. The normalized spacial score (nSPS) is 14.3. The SMILES string of the molecule is CC1=C(CCO)SCN1CC(=O)c1c(C)cc(C)cc1C.Cl. The lowest BCUT2D eigenvalue weighted by atomic mass is 9.96. The molecule has 1 N–H and O–H groups in total. The van der Waals surface area contributed by atoms with E-state index in [-0.39, 0.29) is 24.8 Å². The van der Waals surface area contributed by atoms with Crippen LogP contribution in [0.2, 0.25) is 0 Å². The maximum atomic E-state index is 12.6. The summed E-state index contributed by atoms with van der Waals surface area (Å²) in [7, 11) is 0. The lowest BCUT2D eigenvalue weighted by Crippen LogP contribution is -2.26. The highest BCUT2D eigenvalue weighted by atomic mass is 35.5. The summed E-state index contributed by atoms with van der Waals surface area (Å²) >= 11 is 1.72. The average Bonchev–Trinajstić information content (AvgIpc) is 2.71. The number of nitrogens with zero attached hydrogens (tertiary/aromatic N) is 1. The second-order valence-electron chi connectivity index (χ2n) is 5.65. The molecule has 1 aliphatic heterocycles. The molecule has 0 saturated carbocycles. The van der Waals surface area contributed by atoms with Crippen molar-refractivity contribution >= 4 is 30.0 Å². The summed E-state index contributed by atoms with van der Waals surface area (Å²) in [5.74, 6) is 0.979. The van der Waals surface area contributed by atoms with E-state index in [0.29, 0.717) is 13.0 Å². The Balaban J connectivity index is 0.00000242. The lowest BCUT2D eigenvalue weighted by molar-refractivity contribution is 0.0957. The predicted octanol–water partition coefficient (Wildman–Crippen LogP) is 3.84. The van der Waals surface area contributed by atoms with Gasteiger partial charge in [-0.15, -0.1) is 24.2 Å². The van der Waals surface area contributed by atoms with E-state index in [4.69, 9.17) is 5.11 Å². The van der Waals surface area contributed by atoms with Gasteiger partial charge in [0.15, 0.2) is 5.78 Å². The number of carbonyl (C=O) groups excluding carboxylic acids is 1. The van der Waals surface area contributed by atoms with E-state index in [0.717, 1.165) is 28.3 Å². The Labute approximate surface area is 143 Å². The van der Waals surface area contributed by atoms with E-state index in [9.17, 15) is 4.79 Å². The fraction of sp³-hybridized carbons (Fsp3) is 0.471. The standard InChI is InChI=1S/C17H23NO2S.ClH/c1-11-7-12(2)17(13(3)8-11)15(20)9-18-10-21-16(5-6-19)14(18)4;/h7-8,19H,5-6,9-10H2,1-4H3;1H. The van der Waals surface area contributed by atoms with Crippen molar-refractivity contribution in [3.63, 3.8) is 0 Å². The van der Waals surface area contributed by atoms with Crippen molar-refractivity contribution in [3.8, 4) is 0 Å². The van der Waals surface area contributed by atoms with Gasteiger partial charge in [-0.2, -0.15) is 0 Å². The Bertz CT molecular complexity index is 575. The smallest absolute Gasteiger partial charge is 0.182 e. The van der Waals surface area contributed by atoms with Gasteiger partial charge < -0.3 is 10.0 Å². The first-order valence-electron chi connectivity index (χ1n) is 7.23. The van der Waals surface area contributed by atoms with Crippen LogP contribution in [0, 0.1) is 20.8 Å². The molecule has 0 saturated heterocycles. The summed E-state index contributed by atoms with van der Waals surface area (Å²) in [6, 6.07) is 4.14. The van der Waals surface area contributed by atoms with Gasteiger partial charge in [-0.05, 0) is 38.8 Å². The number of halogens is 1. The number of hydrogen-bond acceptors (Lipinski definition) is 4. The van der Waals surface area contributed by atoms with Crippen molar-refractivity contribution in [1.82, 2.24) is 4.90 Å². The Kier molecular flexibility index (Phi) is 6.98. The molecule has 1 aliphatic rings. The molecule has 122 valence electrons. The number of ketones is 1. The third-order valence-electron chi connectivity index (χ3n) is 3.90.